The lowest BCUT2D eigenvalue weighted by Crippen LogP contribution is -2.30. The van der Waals surface area contributed by atoms with Crippen LogP contribution in [0.1, 0.15) is 38.8 Å². The molecule has 0 radical (unpaired) electrons. The molecule has 1 aliphatic rings. The summed E-state index contributed by atoms with van der Waals surface area (Å²) in [5, 5.41) is 0. The molecule has 0 bridgehead atoms. The number of anilines is 1. The van der Waals surface area contributed by atoms with E-state index < -0.39 is 10.0 Å². The summed E-state index contributed by atoms with van der Waals surface area (Å²) in [7, 11) is -3.53. The highest BCUT2D eigenvalue weighted by Gasteiger charge is 2.66. The first kappa shape index (κ1) is 15.3. The lowest BCUT2D eigenvalue weighted by atomic mass is 10.0. The molecule has 0 aromatic heterocycles. The standard InChI is InChI=1S/C15H24N2O2S/c1-9-7-11(8-12(16)10(9)2)20(18,19)17-13-14(3,4)15(13,5)6/h7-8,13,17H,16H2,1-6H3. The van der Waals surface area contributed by atoms with E-state index in [0.29, 0.717) is 5.69 Å². The molecule has 0 amide bonds. The molecule has 1 aromatic rings. The zero-order valence-corrected chi connectivity index (χ0v) is 13.9. The maximum absolute atomic E-state index is 12.5. The molecule has 20 heavy (non-hydrogen) atoms. The SMILES string of the molecule is Cc1cc(S(=O)(=O)NC2C(C)(C)C2(C)C)cc(N)c1C. The third-order valence-corrected chi connectivity index (χ3v) is 6.69. The second-order valence-electron chi connectivity index (χ2n) is 6.95. The normalized spacial score (nSPS) is 20.9. The van der Waals surface area contributed by atoms with Gasteiger partial charge >= 0.3 is 0 Å². The van der Waals surface area contributed by atoms with Gasteiger partial charge < -0.3 is 5.73 Å². The van der Waals surface area contributed by atoms with Gasteiger partial charge in [-0.2, -0.15) is 0 Å². The van der Waals surface area contributed by atoms with Crippen LogP contribution in [0.25, 0.3) is 0 Å². The second-order valence-corrected chi connectivity index (χ2v) is 8.67. The zero-order valence-electron chi connectivity index (χ0n) is 13.0. The lowest BCUT2D eigenvalue weighted by molar-refractivity contribution is 0.457. The van der Waals surface area contributed by atoms with E-state index in [1.54, 1.807) is 6.07 Å². The summed E-state index contributed by atoms with van der Waals surface area (Å²) in [5.41, 5.74) is 8.14. The number of nitrogen functional groups attached to an aromatic ring is 1. The van der Waals surface area contributed by atoms with Crippen molar-refractivity contribution in [3.8, 4) is 0 Å². The molecule has 4 nitrogen and oxygen atoms in total. The number of benzene rings is 1. The minimum absolute atomic E-state index is 0.0364. The average molecular weight is 296 g/mol. The molecule has 0 heterocycles. The van der Waals surface area contributed by atoms with Crippen LogP contribution < -0.4 is 10.5 Å². The van der Waals surface area contributed by atoms with Crippen molar-refractivity contribution < 1.29 is 8.42 Å². The van der Waals surface area contributed by atoms with E-state index in [-0.39, 0.29) is 21.8 Å². The van der Waals surface area contributed by atoms with Crippen LogP contribution in [0.2, 0.25) is 0 Å². The van der Waals surface area contributed by atoms with E-state index in [9.17, 15) is 8.42 Å². The Hall–Kier alpha value is -1.07. The first-order valence-corrected chi connectivity index (χ1v) is 8.28. The van der Waals surface area contributed by atoms with Crippen molar-refractivity contribution in [3.63, 3.8) is 0 Å². The van der Waals surface area contributed by atoms with Gasteiger partial charge in [0.1, 0.15) is 0 Å². The van der Waals surface area contributed by atoms with Crippen LogP contribution >= 0.6 is 0 Å². The number of nitrogens with one attached hydrogen (secondary N) is 1. The van der Waals surface area contributed by atoms with Gasteiger partial charge in [0.15, 0.2) is 0 Å². The van der Waals surface area contributed by atoms with Crippen molar-refractivity contribution in [2.45, 2.75) is 52.5 Å². The molecule has 2 rings (SSSR count). The fourth-order valence-electron chi connectivity index (χ4n) is 2.72. The average Bonchev–Trinajstić information content (AvgIpc) is 2.67. The van der Waals surface area contributed by atoms with Crippen LogP contribution in [0, 0.1) is 24.7 Å². The van der Waals surface area contributed by atoms with E-state index in [2.05, 4.69) is 32.4 Å². The zero-order chi connectivity index (χ0) is 15.5. The lowest BCUT2D eigenvalue weighted by Gasteiger charge is -2.12. The minimum Gasteiger partial charge on any atom is -0.398 e. The Kier molecular flexibility index (Phi) is 3.23. The summed E-state index contributed by atoms with van der Waals surface area (Å²) in [5.74, 6) is 0. The maximum Gasteiger partial charge on any atom is 0.240 e. The van der Waals surface area contributed by atoms with Crippen molar-refractivity contribution >= 4 is 15.7 Å². The smallest absolute Gasteiger partial charge is 0.240 e. The largest absolute Gasteiger partial charge is 0.398 e. The fourth-order valence-corrected chi connectivity index (χ4v) is 4.37. The Labute approximate surface area is 121 Å². The topological polar surface area (TPSA) is 72.2 Å². The number of rotatable bonds is 3. The van der Waals surface area contributed by atoms with Crippen molar-refractivity contribution in [2.24, 2.45) is 10.8 Å². The van der Waals surface area contributed by atoms with Gasteiger partial charge in [0.25, 0.3) is 0 Å². The molecule has 1 aliphatic carbocycles. The molecular formula is C15H24N2O2S. The Bertz CT molecular complexity index is 623. The summed E-state index contributed by atoms with van der Waals surface area (Å²) in [6.45, 7) is 12.1. The van der Waals surface area contributed by atoms with Gasteiger partial charge in [-0.25, -0.2) is 13.1 Å². The quantitative estimate of drug-likeness (QED) is 0.842. The molecule has 0 aliphatic heterocycles. The number of nitrogens with two attached hydrogens (primary N) is 1. The molecule has 3 N–H and O–H groups in total. The van der Waals surface area contributed by atoms with E-state index in [1.165, 1.54) is 6.07 Å². The predicted molar refractivity (Wildman–Crippen MR) is 82.0 cm³/mol. The molecule has 0 spiro atoms. The van der Waals surface area contributed by atoms with Crippen LogP contribution in [-0.2, 0) is 10.0 Å². The third-order valence-electron chi connectivity index (χ3n) is 5.29. The van der Waals surface area contributed by atoms with Crippen LogP contribution in [-0.4, -0.2) is 14.5 Å². The van der Waals surface area contributed by atoms with E-state index in [1.807, 2.05) is 13.8 Å². The third kappa shape index (κ3) is 2.13. The van der Waals surface area contributed by atoms with Gasteiger partial charge in [-0.05, 0) is 47.9 Å². The Morgan fingerprint density at radius 2 is 1.60 bits per heavy atom. The van der Waals surface area contributed by atoms with Crippen molar-refractivity contribution in [2.75, 3.05) is 5.73 Å². The monoisotopic (exact) mass is 296 g/mol. The Morgan fingerprint density at radius 3 is 2.00 bits per heavy atom. The fraction of sp³-hybridized carbons (Fsp3) is 0.600. The Balaban J connectivity index is 2.34. The Morgan fingerprint density at radius 1 is 1.10 bits per heavy atom. The summed E-state index contributed by atoms with van der Waals surface area (Å²) in [4.78, 5) is 0.247. The van der Waals surface area contributed by atoms with Gasteiger partial charge in [-0.1, -0.05) is 27.7 Å². The summed E-state index contributed by atoms with van der Waals surface area (Å²) in [6, 6.07) is 3.16. The van der Waals surface area contributed by atoms with Crippen LogP contribution in [0.15, 0.2) is 17.0 Å². The minimum atomic E-state index is -3.53. The first-order chi connectivity index (χ1) is 8.91. The molecule has 1 saturated carbocycles. The van der Waals surface area contributed by atoms with Gasteiger partial charge in [0.05, 0.1) is 4.90 Å². The molecule has 1 aromatic carbocycles. The van der Waals surface area contributed by atoms with Gasteiger partial charge in [-0.15, -0.1) is 0 Å². The number of hydrogen-bond acceptors (Lipinski definition) is 3. The van der Waals surface area contributed by atoms with Crippen molar-refractivity contribution in [3.05, 3.63) is 23.3 Å². The highest BCUT2D eigenvalue weighted by atomic mass is 32.2. The first-order valence-electron chi connectivity index (χ1n) is 6.80. The molecule has 0 saturated heterocycles. The van der Waals surface area contributed by atoms with Gasteiger partial charge in [0, 0.05) is 11.7 Å². The molecule has 5 heteroatoms. The van der Waals surface area contributed by atoms with E-state index in [0.717, 1.165) is 11.1 Å². The molecule has 0 atom stereocenters. The van der Waals surface area contributed by atoms with Gasteiger partial charge in [0.2, 0.25) is 10.0 Å². The highest BCUT2D eigenvalue weighted by Crippen LogP contribution is 2.62. The summed E-state index contributed by atoms with van der Waals surface area (Å²) < 4.78 is 27.8. The van der Waals surface area contributed by atoms with E-state index >= 15 is 0 Å². The molecule has 0 unspecified atom stereocenters. The van der Waals surface area contributed by atoms with E-state index in [4.69, 9.17) is 5.73 Å². The van der Waals surface area contributed by atoms with Crippen molar-refractivity contribution in [1.82, 2.24) is 4.72 Å². The number of sulfonamides is 1. The molecule has 1 fully saturated rings. The van der Waals surface area contributed by atoms with Crippen LogP contribution in [0.3, 0.4) is 0 Å². The summed E-state index contributed by atoms with van der Waals surface area (Å²) >= 11 is 0. The maximum atomic E-state index is 12.5. The highest BCUT2D eigenvalue weighted by molar-refractivity contribution is 7.89. The van der Waals surface area contributed by atoms with Crippen LogP contribution in [0.5, 0.6) is 0 Å². The second kappa shape index (κ2) is 4.21. The molecule has 112 valence electrons. The summed E-state index contributed by atoms with van der Waals surface area (Å²) in [6.07, 6.45) is 0. The van der Waals surface area contributed by atoms with Gasteiger partial charge in [-0.3, -0.25) is 0 Å². The molecular weight excluding hydrogens is 272 g/mol. The van der Waals surface area contributed by atoms with Crippen LogP contribution in [0.4, 0.5) is 5.69 Å². The number of hydrogen-bond donors (Lipinski definition) is 2. The van der Waals surface area contributed by atoms with Crippen molar-refractivity contribution in [1.29, 1.82) is 0 Å². The predicted octanol–water partition coefficient (Wildman–Crippen LogP) is 2.60. The number of aryl methyl sites for hydroxylation is 1.